The van der Waals surface area contributed by atoms with Gasteiger partial charge in [0.1, 0.15) is 0 Å². The van der Waals surface area contributed by atoms with E-state index in [9.17, 15) is 9.70 Å². The molecule has 0 amide bonds. The number of nitrogens with zero attached hydrogens (tertiary/aromatic N) is 4. The van der Waals surface area contributed by atoms with Crippen molar-refractivity contribution in [2.75, 3.05) is 0 Å². The number of Topliss-reactive ketones (excluding diaryl/α,β-unsaturated/α-hetero) is 1. The Kier molecular flexibility index (Phi) is 3.65. The van der Waals surface area contributed by atoms with Crippen LogP contribution in [0.25, 0.3) is 11.0 Å². The highest BCUT2D eigenvalue weighted by atomic mass is 16.3. The van der Waals surface area contributed by atoms with Crippen molar-refractivity contribution < 1.29 is 4.79 Å². The molecule has 2 heterocycles. The fourth-order valence-corrected chi connectivity index (χ4v) is 2.23. The molecule has 0 radical (unpaired) electrons. The van der Waals surface area contributed by atoms with Gasteiger partial charge in [0, 0.05) is 23.7 Å². The first-order valence-electron chi connectivity index (χ1n) is 6.70. The molecule has 1 unspecified atom stereocenters. The maximum Gasteiger partial charge on any atom is 0.197 e. The van der Waals surface area contributed by atoms with E-state index in [1.807, 2.05) is 0 Å². The Morgan fingerprint density at radius 3 is 2.59 bits per heavy atom. The lowest BCUT2D eigenvalue weighted by Gasteiger charge is -2.09. The number of carbonyl (C=O) groups excluding carboxylic acids is 1. The zero-order valence-corrected chi connectivity index (χ0v) is 11.8. The molecule has 0 saturated heterocycles. The van der Waals surface area contributed by atoms with Gasteiger partial charge < -0.3 is 0 Å². The smallest absolute Gasteiger partial charge is 0.197 e. The molecule has 6 heteroatoms. The maximum absolute atomic E-state index is 12.5. The third-order valence-corrected chi connectivity index (χ3v) is 3.30. The summed E-state index contributed by atoms with van der Waals surface area (Å²) in [5.74, 6) is -0.402. The van der Waals surface area contributed by atoms with E-state index in [-0.39, 0.29) is 0 Å². The molecule has 0 bridgehead atoms. The Balaban J connectivity index is 2.01. The molecule has 0 aliphatic rings. The minimum atomic E-state index is -1.16. The van der Waals surface area contributed by atoms with Crippen molar-refractivity contribution in [3.8, 4) is 0 Å². The lowest BCUT2D eigenvalue weighted by molar-refractivity contribution is 0.0960. The van der Waals surface area contributed by atoms with Crippen molar-refractivity contribution in [3.05, 3.63) is 70.7 Å². The largest absolute Gasteiger partial charge is 0.291 e. The highest BCUT2D eigenvalue weighted by Gasteiger charge is 2.24. The number of pyridine rings is 1. The van der Waals surface area contributed by atoms with Crippen LogP contribution < -0.4 is 0 Å². The summed E-state index contributed by atoms with van der Waals surface area (Å²) in [7, 11) is 0. The van der Waals surface area contributed by atoms with Crippen LogP contribution >= 0.6 is 0 Å². The molecular weight excluding hydrogens is 280 g/mol. The Morgan fingerprint density at radius 2 is 1.86 bits per heavy atom. The second kappa shape index (κ2) is 5.77. The number of benzene rings is 1. The Hall–Kier alpha value is -3.02. The molecule has 3 rings (SSSR count). The zero-order chi connectivity index (χ0) is 15.5. The van der Waals surface area contributed by atoms with E-state index in [4.69, 9.17) is 0 Å². The number of carbonyl (C=O) groups is 1. The number of aromatic nitrogens is 3. The molecule has 0 saturated carbocycles. The zero-order valence-electron chi connectivity index (χ0n) is 11.8. The fraction of sp³-hybridized carbons (Fsp3) is 0.125. The third-order valence-electron chi connectivity index (χ3n) is 3.30. The third kappa shape index (κ3) is 2.58. The number of rotatable bonds is 4. The lowest BCUT2D eigenvalue weighted by atomic mass is 10.0. The summed E-state index contributed by atoms with van der Waals surface area (Å²) in [4.78, 5) is 36.2. The van der Waals surface area contributed by atoms with E-state index in [1.54, 1.807) is 55.7 Å². The normalized spacial score (nSPS) is 12.0. The Morgan fingerprint density at radius 1 is 1.09 bits per heavy atom. The van der Waals surface area contributed by atoms with E-state index in [0.717, 1.165) is 5.69 Å². The van der Waals surface area contributed by atoms with Crippen molar-refractivity contribution in [3.63, 3.8) is 0 Å². The Bertz CT molecular complexity index is 863. The van der Waals surface area contributed by atoms with Crippen LogP contribution in [0.3, 0.4) is 0 Å². The first-order chi connectivity index (χ1) is 10.7. The molecule has 2 aromatic heterocycles. The molecule has 22 heavy (non-hydrogen) atoms. The highest BCUT2D eigenvalue weighted by Crippen LogP contribution is 2.22. The van der Waals surface area contributed by atoms with Crippen LogP contribution in [-0.4, -0.2) is 20.7 Å². The molecule has 1 atom stereocenters. The summed E-state index contributed by atoms with van der Waals surface area (Å²) < 4.78 is 0. The maximum atomic E-state index is 12.5. The van der Waals surface area contributed by atoms with Gasteiger partial charge in [-0.15, -0.1) is 4.91 Å². The molecule has 0 N–H and O–H groups in total. The molecule has 6 nitrogen and oxygen atoms in total. The molecule has 3 aromatic rings. The number of nitroso groups, excluding NO2 is 1. The van der Waals surface area contributed by atoms with Crippen LogP contribution in [0.1, 0.15) is 27.8 Å². The van der Waals surface area contributed by atoms with Gasteiger partial charge in [0.05, 0.1) is 16.7 Å². The van der Waals surface area contributed by atoms with Crippen LogP contribution in [0.15, 0.2) is 54.0 Å². The van der Waals surface area contributed by atoms with Gasteiger partial charge in [-0.05, 0) is 37.3 Å². The van der Waals surface area contributed by atoms with Crippen LogP contribution in [0.5, 0.6) is 0 Å². The van der Waals surface area contributed by atoms with Gasteiger partial charge in [0.2, 0.25) is 0 Å². The van der Waals surface area contributed by atoms with Gasteiger partial charge in [-0.1, -0.05) is 11.2 Å². The molecule has 0 fully saturated rings. The van der Waals surface area contributed by atoms with Gasteiger partial charge in [-0.2, -0.15) is 0 Å². The van der Waals surface area contributed by atoms with Gasteiger partial charge in [0.15, 0.2) is 11.8 Å². The minimum absolute atomic E-state index is 0.347. The number of ketones is 1. The molecular formula is C16H12N4O2. The number of hydrogen-bond donors (Lipinski definition) is 0. The van der Waals surface area contributed by atoms with E-state index < -0.39 is 11.8 Å². The predicted molar refractivity (Wildman–Crippen MR) is 81.4 cm³/mol. The van der Waals surface area contributed by atoms with Crippen molar-refractivity contribution in [2.24, 2.45) is 5.18 Å². The Labute approximate surface area is 126 Å². The topological polar surface area (TPSA) is 85.2 Å². The highest BCUT2D eigenvalue weighted by molar-refractivity contribution is 6.02. The molecule has 0 aliphatic carbocycles. The lowest BCUT2D eigenvalue weighted by Crippen LogP contribution is -2.12. The average molecular weight is 292 g/mol. The molecule has 1 aromatic carbocycles. The summed E-state index contributed by atoms with van der Waals surface area (Å²) in [6, 6.07) is 8.93. The van der Waals surface area contributed by atoms with E-state index in [1.165, 1.54) is 0 Å². The standard InChI is InChI=1S/C16H12N4O2/c1-10-3-2-4-13(19-10)15(20-22)16(21)11-5-6-12-14(9-11)18-8-7-17-12/h2-9,15H,1H3. The van der Waals surface area contributed by atoms with Gasteiger partial charge in [-0.3, -0.25) is 19.7 Å². The number of aryl methyl sites for hydroxylation is 1. The van der Waals surface area contributed by atoms with E-state index in [2.05, 4.69) is 20.1 Å². The number of fused-ring (bicyclic) bond motifs is 1. The van der Waals surface area contributed by atoms with Crippen LogP contribution in [0.4, 0.5) is 0 Å². The summed E-state index contributed by atoms with van der Waals surface area (Å²) >= 11 is 0. The average Bonchev–Trinajstić information content (AvgIpc) is 2.55. The summed E-state index contributed by atoms with van der Waals surface area (Å²) in [5.41, 5.74) is 2.71. The quantitative estimate of drug-likeness (QED) is 0.545. The van der Waals surface area contributed by atoms with E-state index >= 15 is 0 Å². The second-order valence-electron chi connectivity index (χ2n) is 4.84. The van der Waals surface area contributed by atoms with Gasteiger partial charge >= 0.3 is 0 Å². The summed E-state index contributed by atoms with van der Waals surface area (Å²) in [6.45, 7) is 1.79. The van der Waals surface area contributed by atoms with E-state index in [0.29, 0.717) is 22.3 Å². The van der Waals surface area contributed by atoms with Gasteiger partial charge in [-0.25, -0.2) is 0 Å². The van der Waals surface area contributed by atoms with Crippen molar-refractivity contribution in [1.82, 2.24) is 15.0 Å². The van der Waals surface area contributed by atoms with Crippen molar-refractivity contribution in [2.45, 2.75) is 13.0 Å². The predicted octanol–water partition coefficient (Wildman–Crippen LogP) is 3.02. The second-order valence-corrected chi connectivity index (χ2v) is 4.84. The van der Waals surface area contributed by atoms with Crippen LogP contribution in [-0.2, 0) is 0 Å². The summed E-state index contributed by atoms with van der Waals surface area (Å²) in [6.07, 6.45) is 3.13. The molecule has 0 spiro atoms. The monoisotopic (exact) mass is 292 g/mol. The van der Waals surface area contributed by atoms with Crippen LogP contribution in [0, 0.1) is 11.8 Å². The minimum Gasteiger partial charge on any atom is -0.291 e. The summed E-state index contributed by atoms with van der Waals surface area (Å²) in [5, 5.41) is 2.96. The van der Waals surface area contributed by atoms with Crippen LogP contribution in [0.2, 0.25) is 0 Å². The first-order valence-corrected chi connectivity index (χ1v) is 6.70. The van der Waals surface area contributed by atoms with Crippen molar-refractivity contribution >= 4 is 16.8 Å². The van der Waals surface area contributed by atoms with Gasteiger partial charge in [0.25, 0.3) is 0 Å². The first kappa shape index (κ1) is 13.9. The molecule has 108 valence electrons. The van der Waals surface area contributed by atoms with Crippen molar-refractivity contribution in [1.29, 1.82) is 0 Å². The fourth-order valence-electron chi connectivity index (χ4n) is 2.23. The number of hydrogen-bond acceptors (Lipinski definition) is 6. The molecule has 0 aliphatic heterocycles. The SMILES string of the molecule is Cc1cccc(C(N=O)C(=O)c2ccc3nccnc3c2)n1.